The van der Waals surface area contributed by atoms with Crippen molar-refractivity contribution in [1.82, 2.24) is 24.4 Å². The van der Waals surface area contributed by atoms with Crippen LogP contribution in [-0.4, -0.2) is 35.4 Å². The van der Waals surface area contributed by atoms with Crippen LogP contribution in [0.5, 0.6) is 5.75 Å². The van der Waals surface area contributed by atoms with E-state index in [4.69, 9.17) is 0 Å². The summed E-state index contributed by atoms with van der Waals surface area (Å²) in [6.07, 6.45) is 1.20. The van der Waals surface area contributed by atoms with Crippen LogP contribution in [-0.2, 0) is 7.05 Å². The second-order valence-corrected chi connectivity index (χ2v) is 4.25. The Hall–Kier alpha value is -3.23. The molecule has 3 aromatic rings. The number of phenols is 1. The Morgan fingerprint density at radius 3 is 2.86 bits per heavy atom. The van der Waals surface area contributed by atoms with Crippen LogP contribution in [0, 0.1) is 0 Å². The largest absolute Gasteiger partial charge is 0.506 e. The van der Waals surface area contributed by atoms with Crippen LogP contribution in [0.4, 0.5) is 5.69 Å². The number of nitrogens with one attached hydrogen (secondary N) is 1. The van der Waals surface area contributed by atoms with Crippen LogP contribution < -0.4 is 11.0 Å². The number of nitrogens with zero attached hydrogens (tertiary/aromatic N) is 5. The quantitative estimate of drug-likeness (QED) is 0.629. The van der Waals surface area contributed by atoms with Crippen molar-refractivity contribution in [3.8, 4) is 5.75 Å². The first-order chi connectivity index (χ1) is 10.1. The number of carbonyl (C=O) groups excluding carboxylic acids is 1. The number of imidazole rings is 1. The van der Waals surface area contributed by atoms with E-state index in [2.05, 4.69) is 20.6 Å². The van der Waals surface area contributed by atoms with Crippen LogP contribution >= 0.6 is 0 Å². The number of phenolic OH excluding ortho intramolecular Hbond substituents is 1. The van der Waals surface area contributed by atoms with E-state index in [9.17, 15) is 14.7 Å². The number of aromatic nitrogens is 5. The third-order valence-electron chi connectivity index (χ3n) is 2.87. The lowest BCUT2D eigenvalue weighted by molar-refractivity contribution is 0.102. The summed E-state index contributed by atoms with van der Waals surface area (Å²) in [5.41, 5.74) is -0.232. The van der Waals surface area contributed by atoms with Gasteiger partial charge in [-0.3, -0.25) is 4.79 Å². The van der Waals surface area contributed by atoms with Crippen molar-refractivity contribution < 1.29 is 9.90 Å². The number of anilines is 1. The molecule has 0 saturated heterocycles. The Balaban J connectivity index is 2.01. The van der Waals surface area contributed by atoms with E-state index in [1.807, 2.05) is 0 Å². The Morgan fingerprint density at radius 1 is 1.33 bits per heavy atom. The van der Waals surface area contributed by atoms with Gasteiger partial charge >= 0.3 is 5.69 Å². The fraction of sp³-hybridized carbons (Fsp3) is 0.0833. The maximum absolute atomic E-state index is 12.2. The second-order valence-electron chi connectivity index (χ2n) is 4.25. The van der Waals surface area contributed by atoms with E-state index in [1.54, 1.807) is 12.1 Å². The normalized spacial score (nSPS) is 10.7. The highest BCUT2D eigenvalue weighted by atomic mass is 16.3. The fourth-order valence-electron chi connectivity index (χ4n) is 1.80. The van der Waals surface area contributed by atoms with E-state index in [0.29, 0.717) is 0 Å². The summed E-state index contributed by atoms with van der Waals surface area (Å²) in [6, 6.07) is 6.27. The number of rotatable bonds is 2. The summed E-state index contributed by atoms with van der Waals surface area (Å²) in [5.74, 6) is -0.669. The number of amides is 1. The van der Waals surface area contributed by atoms with Gasteiger partial charge in [0.25, 0.3) is 5.91 Å². The predicted octanol–water partition coefficient (Wildman–Crippen LogP) is -0.219. The molecular weight excluding hydrogens is 276 g/mol. The van der Waals surface area contributed by atoms with Crippen molar-refractivity contribution in [1.29, 1.82) is 0 Å². The number of para-hydroxylation sites is 2. The molecule has 0 unspecified atom stereocenters. The fourth-order valence-corrected chi connectivity index (χ4v) is 1.80. The Labute approximate surface area is 117 Å². The average molecular weight is 286 g/mol. The van der Waals surface area contributed by atoms with Crippen molar-refractivity contribution in [2.75, 3.05) is 5.32 Å². The number of aromatic hydroxyl groups is 1. The Morgan fingerprint density at radius 2 is 2.10 bits per heavy atom. The summed E-state index contributed by atoms with van der Waals surface area (Å²) in [7, 11) is 1.44. The second kappa shape index (κ2) is 4.71. The molecule has 3 rings (SSSR count). The van der Waals surface area contributed by atoms with Crippen molar-refractivity contribution >= 4 is 17.2 Å². The van der Waals surface area contributed by atoms with Crippen molar-refractivity contribution in [3.05, 3.63) is 46.8 Å². The number of benzene rings is 1. The molecule has 0 radical (unpaired) electrons. The standard InChI is InChI=1S/C12H10N6O3/c1-17-12(21)18-6-13-9(10(18)15-16-17)11(20)14-7-4-2-3-5-8(7)19/h2-6,19H,1H3,(H,14,20). The highest BCUT2D eigenvalue weighted by Crippen LogP contribution is 2.22. The molecular formula is C12H10N6O3. The molecule has 0 aliphatic carbocycles. The number of hydrogen-bond donors (Lipinski definition) is 2. The monoisotopic (exact) mass is 286 g/mol. The highest BCUT2D eigenvalue weighted by Gasteiger charge is 2.18. The van der Waals surface area contributed by atoms with Crippen molar-refractivity contribution in [2.45, 2.75) is 0 Å². The lowest BCUT2D eigenvalue weighted by atomic mass is 10.3. The molecule has 0 spiro atoms. The minimum Gasteiger partial charge on any atom is -0.506 e. The van der Waals surface area contributed by atoms with Gasteiger partial charge in [0.1, 0.15) is 12.1 Å². The SMILES string of the molecule is Cn1nnc2c(C(=O)Nc3ccccc3O)ncn2c1=O. The molecule has 21 heavy (non-hydrogen) atoms. The molecule has 0 atom stereocenters. The summed E-state index contributed by atoms with van der Waals surface area (Å²) in [4.78, 5) is 27.8. The number of carbonyl (C=O) groups is 1. The minimum absolute atomic E-state index is 0.0472. The molecule has 0 bridgehead atoms. The van der Waals surface area contributed by atoms with Gasteiger partial charge in [0.2, 0.25) is 0 Å². The van der Waals surface area contributed by atoms with Gasteiger partial charge < -0.3 is 10.4 Å². The average Bonchev–Trinajstić information content (AvgIpc) is 2.90. The molecule has 1 amide bonds. The van der Waals surface area contributed by atoms with Crippen LogP contribution in [0.2, 0.25) is 0 Å². The molecule has 0 aliphatic heterocycles. The van der Waals surface area contributed by atoms with Crippen molar-refractivity contribution in [3.63, 3.8) is 0 Å². The third kappa shape index (κ3) is 2.10. The molecule has 2 heterocycles. The summed E-state index contributed by atoms with van der Waals surface area (Å²) >= 11 is 0. The van der Waals surface area contributed by atoms with Gasteiger partial charge in [-0.15, -0.1) is 5.10 Å². The van der Waals surface area contributed by atoms with Crippen LogP contribution in [0.1, 0.15) is 10.5 Å². The topological polar surface area (TPSA) is 114 Å². The first kappa shape index (κ1) is 12.8. The lowest BCUT2D eigenvalue weighted by Crippen LogP contribution is -2.27. The third-order valence-corrected chi connectivity index (χ3v) is 2.87. The molecule has 9 nitrogen and oxygen atoms in total. The van der Waals surface area contributed by atoms with E-state index < -0.39 is 11.6 Å². The van der Waals surface area contributed by atoms with Gasteiger partial charge in [0.15, 0.2) is 11.3 Å². The Bertz CT molecular complexity index is 897. The zero-order chi connectivity index (χ0) is 15.0. The maximum atomic E-state index is 12.2. The first-order valence-corrected chi connectivity index (χ1v) is 5.94. The Kier molecular flexibility index (Phi) is 2.87. The smallest absolute Gasteiger partial charge is 0.352 e. The van der Waals surface area contributed by atoms with Crippen LogP contribution in [0.15, 0.2) is 35.4 Å². The summed E-state index contributed by atoms with van der Waals surface area (Å²) in [6.45, 7) is 0. The highest BCUT2D eigenvalue weighted by molar-refractivity contribution is 6.07. The van der Waals surface area contributed by atoms with Crippen LogP contribution in [0.3, 0.4) is 0 Å². The lowest BCUT2D eigenvalue weighted by Gasteiger charge is -2.05. The van der Waals surface area contributed by atoms with E-state index >= 15 is 0 Å². The summed E-state index contributed by atoms with van der Waals surface area (Å²) in [5, 5.41) is 19.5. The number of hydrogen-bond acceptors (Lipinski definition) is 6. The van der Waals surface area contributed by atoms with Gasteiger partial charge in [-0.1, -0.05) is 17.3 Å². The van der Waals surface area contributed by atoms with Crippen molar-refractivity contribution in [2.24, 2.45) is 7.05 Å². The predicted molar refractivity (Wildman–Crippen MR) is 72.1 cm³/mol. The van der Waals surface area contributed by atoms with Gasteiger partial charge in [0, 0.05) is 7.05 Å². The van der Waals surface area contributed by atoms with E-state index in [0.717, 1.165) is 9.08 Å². The minimum atomic E-state index is -0.596. The van der Waals surface area contributed by atoms with E-state index in [-0.39, 0.29) is 22.8 Å². The number of aryl methyl sites for hydroxylation is 1. The zero-order valence-corrected chi connectivity index (χ0v) is 10.9. The van der Waals surface area contributed by atoms with Gasteiger partial charge in [0.05, 0.1) is 5.69 Å². The zero-order valence-electron chi connectivity index (χ0n) is 10.9. The maximum Gasteiger partial charge on any atom is 0.352 e. The van der Waals surface area contributed by atoms with Gasteiger partial charge in [-0.05, 0) is 12.1 Å². The van der Waals surface area contributed by atoms with E-state index in [1.165, 1.54) is 25.5 Å². The number of fused-ring (bicyclic) bond motifs is 1. The van der Waals surface area contributed by atoms with Gasteiger partial charge in [-0.25, -0.2) is 14.2 Å². The molecule has 9 heteroatoms. The molecule has 2 aromatic heterocycles. The molecule has 2 N–H and O–H groups in total. The molecule has 0 saturated carbocycles. The molecule has 106 valence electrons. The molecule has 0 fully saturated rings. The first-order valence-electron chi connectivity index (χ1n) is 5.94. The summed E-state index contributed by atoms with van der Waals surface area (Å²) < 4.78 is 2.14. The molecule has 1 aromatic carbocycles. The van der Waals surface area contributed by atoms with Crippen LogP contribution in [0.25, 0.3) is 5.65 Å². The molecule has 0 aliphatic rings. The van der Waals surface area contributed by atoms with Gasteiger partial charge in [-0.2, -0.15) is 4.68 Å².